The van der Waals surface area contributed by atoms with Crippen LogP contribution in [0.4, 0.5) is 5.69 Å². The van der Waals surface area contributed by atoms with Gasteiger partial charge >= 0.3 is 0 Å². The predicted octanol–water partition coefficient (Wildman–Crippen LogP) is 6.38. The Morgan fingerprint density at radius 2 is 1.56 bits per heavy atom. The lowest BCUT2D eigenvalue weighted by Crippen LogP contribution is -3.00. The third-order valence-electron chi connectivity index (χ3n) is 6.94. The summed E-state index contributed by atoms with van der Waals surface area (Å²) < 4.78 is 8.06. The Labute approximate surface area is 254 Å². The first kappa shape index (κ1) is 33.3. The smallest absolute Gasteiger partial charge is 0.256 e. The molecule has 0 unspecified atom stereocenters. The minimum Gasteiger partial charge on any atom is -1.00 e. The summed E-state index contributed by atoms with van der Waals surface area (Å²) in [4.78, 5) is 13.1. The fourth-order valence-electron chi connectivity index (χ4n) is 4.61. The van der Waals surface area contributed by atoms with Crippen molar-refractivity contribution in [2.75, 3.05) is 11.9 Å². The van der Waals surface area contributed by atoms with Crippen LogP contribution in [-0.2, 0) is 6.54 Å². The molecule has 1 heterocycles. The first-order valence-corrected chi connectivity index (χ1v) is 15.6. The minimum atomic E-state index is -0.166. The van der Waals surface area contributed by atoms with E-state index in [1.165, 1.54) is 75.6 Å². The molecule has 0 aliphatic rings. The number of carbonyl (C=O) groups excluding carboxylic acids is 1. The molecule has 0 radical (unpaired) electrons. The number of aryl methyl sites for hydroxylation is 1. The second-order valence-corrected chi connectivity index (χ2v) is 11.5. The molecule has 3 rings (SSSR count). The molecular weight excluding hydrogens is 592 g/mol. The normalized spacial score (nSPS) is 10.7. The Morgan fingerprint density at radius 1 is 0.923 bits per heavy atom. The Morgan fingerprint density at radius 3 is 2.18 bits per heavy atom. The van der Waals surface area contributed by atoms with Gasteiger partial charge in [-0.15, -0.1) is 0 Å². The van der Waals surface area contributed by atoms with Crippen molar-refractivity contribution in [3.05, 3.63) is 75.2 Å². The molecule has 7 heteroatoms. The number of nitrogens with zero attached hydrogens (tertiary/aromatic N) is 1. The van der Waals surface area contributed by atoms with E-state index in [1.807, 2.05) is 42.6 Å². The Kier molecular flexibility index (Phi) is 16.4. The van der Waals surface area contributed by atoms with Gasteiger partial charge in [0.1, 0.15) is 5.75 Å². The number of rotatable bonds is 18. The molecule has 0 saturated heterocycles. The number of amides is 1. The molecule has 0 aliphatic carbocycles. The summed E-state index contributed by atoms with van der Waals surface area (Å²) in [7, 11) is 0. The molecule has 0 bridgehead atoms. The monoisotopic (exact) mass is 634 g/mol. The molecular formula is C32H44BrClN2O2S. The van der Waals surface area contributed by atoms with E-state index in [-0.39, 0.29) is 22.9 Å². The van der Waals surface area contributed by atoms with E-state index >= 15 is 0 Å². The third kappa shape index (κ3) is 12.0. The molecule has 214 valence electrons. The average Bonchev–Trinajstić information content (AvgIpc) is 3.32. The number of aromatic nitrogens is 1. The van der Waals surface area contributed by atoms with Crippen LogP contribution in [0.25, 0.3) is 0 Å². The molecule has 0 aliphatic heterocycles. The first-order valence-electron chi connectivity index (χ1n) is 14.3. The number of hydrogen-bond donors (Lipinski definition) is 1. The molecule has 3 aromatic rings. The zero-order chi connectivity index (χ0) is 27.0. The minimum absolute atomic E-state index is 0. The van der Waals surface area contributed by atoms with E-state index in [2.05, 4.69) is 29.1 Å². The van der Waals surface area contributed by atoms with Crippen molar-refractivity contribution in [2.24, 2.45) is 0 Å². The molecule has 0 saturated carbocycles. The lowest BCUT2D eigenvalue weighted by atomic mass is 10.1. The van der Waals surface area contributed by atoms with Gasteiger partial charge in [0.25, 0.3) is 5.91 Å². The van der Waals surface area contributed by atoms with Gasteiger partial charge in [-0.2, -0.15) is 4.57 Å². The van der Waals surface area contributed by atoms with Crippen LogP contribution in [0.5, 0.6) is 5.75 Å². The van der Waals surface area contributed by atoms with Gasteiger partial charge in [-0.3, -0.25) is 4.79 Å². The summed E-state index contributed by atoms with van der Waals surface area (Å²) in [5.74, 6) is 0.571. The van der Waals surface area contributed by atoms with Gasteiger partial charge in [-0.05, 0) is 24.6 Å². The summed E-state index contributed by atoms with van der Waals surface area (Å²) in [6.45, 7) is 5.69. The van der Waals surface area contributed by atoms with Crippen LogP contribution in [0.1, 0.15) is 105 Å². The quantitative estimate of drug-likeness (QED) is 0.130. The molecule has 1 aromatic heterocycles. The SMILES string of the molecule is CCCCCCCCCCCCCCOc1ccc(NC(=O)c2ccccc2C[n+]2ccsc2C)c(Cl)c1.[Br-]. The van der Waals surface area contributed by atoms with Crippen LogP contribution in [0, 0.1) is 6.92 Å². The number of thiazole rings is 1. The lowest BCUT2D eigenvalue weighted by molar-refractivity contribution is -0.689. The van der Waals surface area contributed by atoms with E-state index in [0.717, 1.165) is 17.7 Å². The van der Waals surface area contributed by atoms with Crippen LogP contribution < -0.4 is 31.6 Å². The molecule has 0 fully saturated rings. The summed E-state index contributed by atoms with van der Waals surface area (Å²) in [5, 5.41) is 6.70. The maximum absolute atomic E-state index is 13.1. The number of ether oxygens (including phenoxy) is 1. The van der Waals surface area contributed by atoms with Crippen LogP contribution in [0.3, 0.4) is 0 Å². The molecule has 1 N–H and O–H groups in total. The second kappa shape index (κ2) is 19.2. The van der Waals surface area contributed by atoms with Gasteiger partial charge in [0.2, 0.25) is 5.01 Å². The molecule has 2 aromatic carbocycles. The summed E-state index contributed by atoms with van der Waals surface area (Å²) in [5.41, 5.74) is 2.20. The van der Waals surface area contributed by atoms with Gasteiger partial charge in [-0.1, -0.05) is 119 Å². The third-order valence-corrected chi connectivity index (χ3v) is 8.09. The predicted molar refractivity (Wildman–Crippen MR) is 161 cm³/mol. The van der Waals surface area contributed by atoms with E-state index in [4.69, 9.17) is 16.3 Å². The zero-order valence-electron chi connectivity index (χ0n) is 23.5. The lowest BCUT2D eigenvalue weighted by Gasteiger charge is -2.12. The van der Waals surface area contributed by atoms with Crippen molar-refractivity contribution >= 4 is 34.5 Å². The van der Waals surface area contributed by atoms with Crippen LogP contribution >= 0.6 is 22.9 Å². The maximum Gasteiger partial charge on any atom is 0.256 e. The van der Waals surface area contributed by atoms with Crippen molar-refractivity contribution < 1.29 is 31.1 Å². The molecule has 1 amide bonds. The number of halogens is 2. The van der Waals surface area contributed by atoms with Crippen LogP contribution in [-0.4, -0.2) is 12.5 Å². The Bertz CT molecular complexity index is 1120. The summed E-state index contributed by atoms with van der Waals surface area (Å²) >= 11 is 8.19. The fraction of sp³-hybridized carbons (Fsp3) is 0.500. The van der Waals surface area contributed by atoms with Crippen molar-refractivity contribution in [2.45, 2.75) is 97.4 Å². The molecule has 0 spiro atoms. The topological polar surface area (TPSA) is 42.2 Å². The number of anilines is 1. The van der Waals surface area contributed by atoms with E-state index in [0.29, 0.717) is 29.4 Å². The van der Waals surface area contributed by atoms with Gasteiger partial charge < -0.3 is 27.0 Å². The van der Waals surface area contributed by atoms with Gasteiger partial charge in [-0.25, -0.2) is 0 Å². The van der Waals surface area contributed by atoms with E-state index in [9.17, 15) is 4.79 Å². The largest absolute Gasteiger partial charge is 1.00 e. The van der Waals surface area contributed by atoms with Crippen LogP contribution in [0.15, 0.2) is 54.0 Å². The number of nitrogens with one attached hydrogen (secondary N) is 1. The summed E-state index contributed by atoms with van der Waals surface area (Å²) in [6.07, 6.45) is 17.9. The van der Waals surface area contributed by atoms with E-state index < -0.39 is 0 Å². The molecule has 39 heavy (non-hydrogen) atoms. The first-order chi connectivity index (χ1) is 18.6. The standard InChI is InChI=1S/C32H43ClN2O2S.BrH/c1-3-4-5-6-7-8-9-10-11-12-13-16-22-37-28-19-20-31(30(33)24-28)34-32(36)29-18-15-14-17-27(29)25-35-21-23-38-26(35)2;/h14-15,17-21,23-24H,3-13,16,22,25H2,1-2H3;1H. The van der Waals surface area contributed by atoms with Crippen molar-refractivity contribution in [3.8, 4) is 5.75 Å². The number of hydrogen-bond acceptors (Lipinski definition) is 3. The Hall–Kier alpha value is -1.89. The van der Waals surface area contributed by atoms with Crippen molar-refractivity contribution in [1.29, 1.82) is 0 Å². The highest BCUT2D eigenvalue weighted by Crippen LogP contribution is 2.28. The van der Waals surface area contributed by atoms with Gasteiger partial charge in [0, 0.05) is 24.1 Å². The molecule has 0 atom stereocenters. The highest BCUT2D eigenvalue weighted by atomic mass is 79.9. The second-order valence-electron chi connectivity index (χ2n) is 10.0. The number of unbranched alkanes of at least 4 members (excludes halogenated alkanes) is 11. The maximum atomic E-state index is 13.1. The number of benzene rings is 2. The Balaban J connectivity index is 0.00000533. The summed E-state index contributed by atoms with van der Waals surface area (Å²) in [6, 6.07) is 13.2. The average molecular weight is 636 g/mol. The highest BCUT2D eigenvalue weighted by molar-refractivity contribution is 7.09. The van der Waals surface area contributed by atoms with E-state index in [1.54, 1.807) is 17.4 Å². The van der Waals surface area contributed by atoms with Gasteiger partial charge in [0.15, 0.2) is 12.7 Å². The fourth-order valence-corrected chi connectivity index (χ4v) is 5.50. The van der Waals surface area contributed by atoms with Crippen molar-refractivity contribution in [3.63, 3.8) is 0 Å². The molecule has 4 nitrogen and oxygen atoms in total. The highest BCUT2D eigenvalue weighted by Gasteiger charge is 2.17. The van der Waals surface area contributed by atoms with Gasteiger partial charge in [0.05, 0.1) is 22.7 Å². The van der Waals surface area contributed by atoms with Crippen LogP contribution in [0.2, 0.25) is 5.02 Å². The number of carbonyl (C=O) groups is 1. The van der Waals surface area contributed by atoms with Crippen molar-refractivity contribution in [1.82, 2.24) is 0 Å². The zero-order valence-corrected chi connectivity index (χ0v) is 26.7.